The standard InChI is InChI=1S/C18H32N4O/c1-23-15-14-21-13-8-19-18(21)16-22-11-3-2-6-17(22)7-12-20-9-4-5-10-20/h8,13,17H,2-7,9-12,14-16H2,1H3. The van der Waals surface area contributed by atoms with Gasteiger partial charge < -0.3 is 14.2 Å². The minimum atomic E-state index is 0.733. The molecular formula is C18H32N4O. The first-order valence-corrected chi connectivity index (χ1v) is 9.32. The van der Waals surface area contributed by atoms with Crippen molar-refractivity contribution >= 4 is 0 Å². The maximum Gasteiger partial charge on any atom is 0.122 e. The van der Waals surface area contributed by atoms with Crippen molar-refractivity contribution in [3.05, 3.63) is 18.2 Å². The zero-order valence-corrected chi connectivity index (χ0v) is 14.6. The first kappa shape index (κ1) is 16.9. The fourth-order valence-electron chi connectivity index (χ4n) is 4.00. The van der Waals surface area contributed by atoms with Crippen molar-refractivity contribution in [2.75, 3.05) is 39.9 Å². The van der Waals surface area contributed by atoms with Gasteiger partial charge in [0, 0.05) is 32.1 Å². The predicted molar refractivity (Wildman–Crippen MR) is 92.4 cm³/mol. The Hall–Kier alpha value is -0.910. The van der Waals surface area contributed by atoms with Crippen LogP contribution in [0.2, 0.25) is 0 Å². The molecule has 1 aromatic rings. The fourth-order valence-corrected chi connectivity index (χ4v) is 4.00. The van der Waals surface area contributed by atoms with E-state index in [1.807, 2.05) is 6.20 Å². The van der Waals surface area contributed by atoms with Crippen LogP contribution in [0.1, 0.15) is 44.3 Å². The molecule has 0 aromatic carbocycles. The lowest BCUT2D eigenvalue weighted by atomic mass is 9.99. The maximum atomic E-state index is 5.21. The second-order valence-electron chi connectivity index (χ2n) is 6.99. The Morgan fingerprint density at radius 1 is 1.13 bits per heavy atom. The molecule has 3 heterocycles. The molecule has 2 saturated heterocycles. The van der Waals surface area contributed by atoms with Crippen LogP contribution in [0.25, 0.3) is 0 Å². The Balaban J connectivity index is 1.54. The third-order valence-corrected chi connectivity index (χ3v) is 5.41. The summed E-state index contributed by atoms with van der Waals surface area (Å²) in [4.78, 5) is 9.91. The highest BCUT2D eigenvalue weighted by Crippen LogP contribution is 2.22. The summed E-state index contributed by atoms with van der Waals surface area (Å²) in [6.45, 7) is 7.77. The second-order valence-corrected chi connectivity index (χ2v) is 6.99. The normalized spacial score (nSPS) is 23.6. The molecule has 0 bridgehead atoms. The van der Waals surface area contributed by atoms with Crippen LogP contribution in [-0.2, 0) is 17.8 Å². The monoisotopic (exact) mass is 320 g/mol. The number of likely N-dealkylation sites (tertiary alicyclic amines) is 2. The number of nitrogens with zero attached hydrogens (tertiary/aromatic N) is 4. The van der Waals surface area contributed by atoms with Gasteiger partial charge in [0.2, 0.25) is 0 Å². The van der Waals surface area contributed by atoms with E-state index >= 15 is 0 Å². The van der Waals surface area contributed by atoms with E-state index in [4.69, 9.17) is 4.74 Å². The van der Waals surface area contributed by atoms with Gasteiger partial charge in [-0.15, -0.1) is 0 Å². The summed E-state index contributed by atoms with van der Waals surface area (Å²) < 4.78 is 7.45. The van der Waals surface area contributed by atoms with Gasteiger partial charge in [-0.05, 0) is 58.3 Å². The quantitative estimate of drug-likeness (QED) is 0.736. The minimum absolute atomic E-state index is 0.733. The lowest BCUT2D eigenvalue weighted by Crippen LogP contribution is -2.41. The van der Waals surface area contributed by atoms with E-state index in [1.165, 1.54) is 70.5 Å². The highest BCUT2D eigenvalue weighted by Gasteiger charge is 2.24. The Labute approximate surface area is 140 Å². The summed E-state index contributed by atoms with van der Waals surface area (Å²) in [7, 11) is 1.76. The van der Waals surface area contributed by atoms with Gasteiger partial charge in [-0.1, -0.05) is 6.42 Å². The highest BCUT2D eigenvalue weighted by molar-refractivity contribution is 4.94. The molecule has 130 valence electrons. The van der Waals surface area contributed by atoms with Gasteiger partial charge in [-0.2, -0.15) is 0 Å². The Morgan fingerprint density at radius 3 is 2.78 bits per heavy atom. The Kier molecular flexibility index (Phi) is 6.48. The first-order chi connectivity index (χ1) is 11.4. The van der Waals surface area contributed by atoms with E-state index in [1.54, 1.807) is 7.11 Å². The fraction of sp³-hybridized carbons (Fsp3) is 0.833. The van der Waals surface area contributed by atoms with E-state index in [2.05, 4.69) is 25.5 Å². The molecule has 3 rings (SSSR count). The molecule has 0 saturated carbocycles. The number of piperidine rings is 1. The molecule has 2 fully saturated rings. The van der Waals surface area contributed by atoms with Gasteiger partial charge in [-0.3, -0.25) is 4.90 Å². The molecule has 1 aromatic heterocycles. The highest BCUT2D eigenvalue weighted by atomic mass is 16.5. The summed E-state index contributed by atoms with van der Waals surface area (Å²) >= 11 is 0. The predicted octanol–water partition coefficient (Wildman–Crippen LogP) is 2.37. The number of methoxy groups -OCH3 is 1. The zero-order chi connectivity index (χ0) is 15.9. The van der Waals surface area contributed by atoms with Crippen LogP contribution >= 0.6 is 0 Å². The Bertz CT molecular complexity index is 456. The number of hydrogen-bond donors (Lipinski definition) is 0. The Morgan fingerprint density at radius 2 is 1.96 bits per heavy atom. The van der Waals surface area contributed by atoms with Gasteiger partial charge in [0.25, 0.3) is 0 Å². The third-order valence-electron chi connectivity index (χ3n) is 5.41. The lowest BCUT2D eigenvalue weighted by Gasteiger charge is -2.36. The summed E-state index contributed by atoms with van der Waals surface area (Å²) in [6, 6.07) is 0.733. The maximum absolute atomic E-state index is 5.21. The SMILES string of the molecule is COCCn1ccnc1CN1CCCCC1CCN1CCCC1. The number of aromatic nitrogens is 2. The van der Waals surface area contributed by atoms with Crippen LogP contribution in [0.5, 0.6) is 0 Å². The van der Waals surface area contributed by atoms with Crippen LogP contribution < -0.4 is 0 Å². The third kappa shape index (κ3) is 4.78. The summed E-state index contributed by atoms with van der Waals surface area (Å²) in [5.41, 5.74) is 0. The van der Waals surface area contributed by atoms with Gasteiger partial charge in [0.15, 0.2) is 0 Å². The van der Waals surface area contributed by atoms with E-state index in [9.17, 15) is 0 Å². The van der Waals surface area contributed by atoms with Crippen LogP contribution in [0.3, 0.4) is 0 Å². The second kappa shape index (κ2) is 8.81. The van der Waals surface area contributed by atoms with Crippen LogP contribution in [0.15, 0.2) is 12.4 Å². The summed E-state index contributed by atoms with van der Waals surface area (Å²) in [5.74, 6) is 1.19. The van der Waals surface area contributed by atoms with E-state index in [-0.39, 0.29) is 0 Å². The van der Waals surface area contributed by atoms with Crippen molar-refractivity contribution in [3.63, 3.8) is 0 Å². The zero-order valence-electron chi connectivity index (χ0n) is 14.6. The van der Waals surface area contributed by atoms with Crippen molar-refractivity contribution in [2.24, 2.45) is 0 Å². The first-order valence-electron chi connectivity index (χ1n) is 9.32. The van der Waals surface area contributed by atoms with E-state index < -0.39 is 0 Å². The largest absolute Gasteiger partial charge is 0.383 e. The van der Waals surface area contributed by atoms with Gasteiger partial charge in [0.1, 0.15) is 5.82 Å². The average molecular weight is 320 g/mol. The molecule has 1 unspecified atom stereocenters. The van der Waals surface area contributed by atoms with E-state index in [0.29, 0.717) is 0 Å². The molecule has 0 N–H and O–H groups in total. The average Bonchev–Trinajstić information content (AvgIpc) is 3.24. The molecule has 2 aliphatic heterocycles. The topological polar surface area (TPSA) is 33.5 Å². The van der Waals surface area contributed by atoms with Crippen molar-refractivity contribution in [1.29, 1.82) is 0 Å². The molecule has 0 spiro atoms. The lowest BCUT2D eigenvalue weighted by molar-refractivity contribution is 0.116. The number of ether oxygens (including phenoxy) is 1. The molecule has 0 aliphatic carbocycles. The van der Waals surface area contributed by atoms with Gasteiger partial charge >= 0.3 is 0 Å². The van der Waals surface area contributed by atoms with Crippen molar-refractivity contribution in [2.45, 2.75) is 57.7 Å². The van der Waals surface area contributed by atoms with Gasteiger partial charge in [-0.25, -0.2) is 4.98 Å². The molecule has 5 heteroatoms. The molecule has 1 atom stereocenters. The van der Waals surface area contributed by atoms with Gasteiger partial charge in [0.05, 0.1) is 13.2 Å². The summed E-state index contributed by atoms with van der Waals surface area (Å²) in [5, 5.41) is 0. The van der Waals surface area contributed by atoms with Crippen molar-refractivity contribution in [3.8, 4) is 0 Å². The number of hydrogen-bond acceptors (Lipinski definition) is 4. The van der Waals surface area contributed by atoms with Crippen LogP contribution in [0.4, 0.5) is 0 Å². The molecule has 2 aliphatic rings. The number of imidazole rings is 1. The van der Waals surface area contributed by atoms with Crippen molar-refractivity contribution in [1.82, 2.24) is 19.4 Å². The molecule has 5 nitrogen and oxygen atoms in total. The smallest absolute Gasteiger partial charge is 0.122 e. The van der Waals surface area contributed by atoms with E-state index in [0.717, 1.165) is 25.7 Å². The number of rotatable bonds is 8. The molecule has 0 amide bonds. The molecular weight excluding hydrogens is 288 g/mol. The molecule has 23 heavy (non-hydrogen) atoms. The van der Waals surface area contributed by atoms with Crippen LogP contribution in [0, 0.1) is 0 Å². The van der Waals surface area contributed by atoms with Crippen molar-refractivity contribution < 1.29 is 4.74 Å². The minimum Gasteiger partial charge on any atom is -0.383 e. The summed E-state index contributed by atoms with van der Waals surface area (Å²) in [6.07, 6.45) is 12.2. The molecule has 0 radical (unpaired) electrons. The van der Waals surface area contributed by atoms with Crippen LogP contribution in [-0.4, -0.2) is 65.3 Å².